The molecule has 0 unspecified atom stereocenters. The number of ether oxygens (including phenoxy) is 1. The van der Waals surface area contributed by atoms with Gasteiger partial charge in [-0.2, -0.15) is 5.10 Å². The van der Waals surface area contributed by atoms with E-state index >= 15 is 0 Å². The van der Waals surface area contributed by atoms with E-state index in [1.807, 2.05) is 36.1 Å². The second-order valence-electron chi connectivity index (χ2n) is 8.33. The molecule has 0 aliphatic carbocycles. The van der Waals surface area contributed by atoms with Gasteiger partial charge in [-0.3, -0.25) is 9.69 Å². The SMILES string of the molecule is CCOC(=O)N1CCN(CC(=O)N2N=C(c3ccc(F)cc3)C[C@H]2c2ccccc2C)CC1. The summed E-state index contributed by atoms with van der Waals surface area (Å²) in [6.45, 7) is 6.64. The van der Waals surface area contributed by atoms with Gasteiger partial charge in [0.15, 0.2) is 0 Å². The molecule has 7 nitrogen and oxygen atoms in total. The second-order valence-corrected chi connectivity index (χ2v) is 8.33. The molecule has 0 radical (unpaired) electrons. The number of hydrazone groups is 1. The second kappa shape index (κ2) is 10.1. The molecule has 1 saturated heterocycles. The maximum atomic E-state index is 13.4. The minimum absolute atomic E-state index is 0.0926. The molecule has 1 fully saturated rings. The number of aryl methyl sites for hydroxylation is 1. The highest BCUT2D eigenvalue weighted by molar-refractivity contribution is 6.03. The molecular formula is C25H29FN4O3. The highest BCUT2D eigenvalue weighted by Gasteiger charge is 2.35. The summed E-state index contributed by atoms with van der Waals surface area (Å²) in [5, 5.41) is 6.27. The van der Waals surface area contributed by atoms with Crippen LogP contribution in [0.5, 0.6) is 0 Å². The number of amides is 2. The monoisotopic (exact) mass is 452 g/mol. The van der Waals surface area contributed by atoms with Crippen molar-refractivity contribution >= 4 is 17.7 Å². The molecule has 174 valence electrons. The lowest BCUT2D eigenvalue weighted by Gasteiger charge is -2.34. The van der Waals surface area contributed by atoms with Crippen LogP contribution in [0.3, 0.4) is 0 Å². The molecule has 2 heterocycles. The van der Waals surface area contributed by atoms with E-state index in [1.54, 1.807) is 29.0 Å². The zero-order chi connectivity index (χ0) is 23.4. The van der Waals surface area contributed by atoms with E-state index in [-0.39, 0.29) is 30.4 Å². The van der Waals surface area contributed by atoms with Crippen molar-refractivity contribution in [2.45, 2.75) is 26.3 Å². The largest absolute Gasteiger partial charge is 0.450 e. The number of halogens is 1. The highest BCUT2D eigenvalue weighted by Crippen LogP contribution is 2.34. The number of nitrogens with zero attached hydrogens (tertiary/aromatic N) is 4. The Bertz CT molecular complexity index is 1030. The molecule has 2 aromatic rings. The van der Waals surface area contributed by atoms with Gasteiger partial charge >= 0.3 is 6.09 Å². The first-order valence-electron chi connectivity index (χ1n) is 11.3. The summed E-state index contributed by atoms with van der Waals surface area (Å²) < 4.78 is 18.5. The first-order chi connectivity index (χ1) is 16.0. The topological polar surface area (TPSA) is 65.5 Å². The van der Waals surface area contributed by atoms with Gasteiger partial charge in [-0.1, -0.05) is 36.4 Å². The molecule has 4 rings (SSSR count). The van der Waals surface area contributed by atoms with Crippen LogP contribution in [0.2, 0.25) is 0 Å². The normalized spacial score (nSPS) is 18.9. The Morgan fingerprint density at radius 3 is 2.42 bits per heavy atom. The number of piperazine rings is 1. The third kappa shape index (κ3) is 5.22. The van der Waals surface area contributed by atoms with Gasteiger partial charge in [0, 0.05) is 32.6 Å². The van der Waals surface area contributed by atoms with Crippen molar-refractivity contribution in [2.75, 3.05) is 39.3 Å². The molecule has 2 aliphatic heterocycles. The van der Waals surface area contributed by atoms with Crippen molar-refractivity contribution in [3.05, 3.63) is 71.0 Å². The van der Waals surface area contributed by atoms with Crippen LogP contribution in [0.4, 0.5) is 9.18 Å². The Morgan fingerprint density at radius 1 is 1.06 bits per heavy atom. The molecule has 2 aromatic carbocycles. The third-order valence-electron chi connectivity index (χ3n) is 6.15. The Hall–Kier alpha value is -3.26. The van der Waals surface area contributed by atoms with E-state index < -0.39 is 0 Å². The van der Waals surface area contributed by atoms with Gasteiger partial charge < -0.3 is 9.64 Å². The van der Waals surface area contributed by atoms with E-state index in [0.29, 0.717) is 39.2 Å². The molecule has 1 atom stereocenters. The molecule has 33 heavy (non-hydrogen) atoms. The van der Waals surface area contributed by atoms with Gasteiger partial charge in [-0.25, -0.2) is 14.2 Å². The van der Waals surface area contributed by atoms with Gasteiger partial charge in [0.1, 0.15) is 5.82 Å². The van der Waals surface area contributed by atoms with Crippen LogP contribution in [0.1, 0.15) is 36.1 Å². The van der Waals surface area contributed by atoms with Crippen LogP contribution in [-0.4, -0.2) is 71.9 Å². The molecule has 0 bridgehead atoms. The van der Waals surface area contributed by atoms with Crippen LogP contribution in [0.15, 0.2) is 53.6 Å². The van der Waals surface area contributed by atoms with Gasteiger partial charge in [-0.15, -0.1) is 0 Å². The summed E-state index contributed by atoms with van der Waals surface area (Å²) in [5.74, 6) is -0.396. The Balaban J connectivity index is 1.49. The number of rotatable bonds is 5. The lowest BCUT2D eigenvalue weighted by molar-refractivity contribution is -0.134. The summed E-state index contributed by atoms with van der Waals surface area (Å²) >= 11 is 0. The zero-order valence-electron chi connectivity index (χ0n) is 19.0. The minimum Gasteiger partial charge on any atom is -0.450 e. The van der Waals surface area contributed by atoms with Crippen molar-refractivity contribution in [3.8, 4) is 0 Å². The number of hydrogen-bond donors (Lipinski definition) is 0. The molecular weight excluding hydrogens is 423 g/mol. The van der Waals surface area contributed by atoms with Crippen LogP contribution in [0.25, 0.3) is 0 Å². The van der Waals surface area contributed by atoms with Crippen molar-refractivity contribution in [2.24, 2.45) is 5.10 Å². The fourth-order valence-corrected chi connectivity index (χ4v) is 4.33. The number of benzene rings is 2. The Kier molecular flexibility index (Phi) is 7.03. The average Bonchev–Trinajstić information content (AvgIpc) is 3.26. The number of carbonyl (C=O) groups excluding carboxylic acids is 2. The molecule has 8 heteroatoms. The fraction of sp³-hybridized carbons (Fsp3) is 0.400. The predicted molar refractivity (Wildman–Crippen MR) is 123 cm³/mol. The molecule has 2 aliphatic rings. The van der Waals surface area contributed by atoms with E-state index in [2.05, 4.69) is 5.10 Å². The Morgan fingerprint density at radius 2 is 1.76 bits per heavy atom. The molecule has 0 saturated carbocycles. The summed E-state index contributed by atoms with van der Waals surface area (Å²) in [7, 11) is 0. The van der Waals surface area contributed by atoms with Crippen molar-refractivity contribution in [3.63, 3.8) is 0 Å². The van der Waals surface area contributed by atoms with E-state index in [9.17, 15) is 14.0 Å². The predicted octanol–water partition coefficient (Wildman–Crippen LogP) is 3.59. The lowest BCUT2D eigenvalue weighted by atomic mass is 9.95. The first kappa shape index (κ1) is 22.9. The molecule has 0 N–H and O–H groups in total. The standard InChI is InChI=1S/C25H29FN4O3/c1-3-33-25(32)29-14-12-28(13-15-29)17-24(31)30-23(21-7-5-4-6-18(21)2)16-22(27-30)19-8-10-20(26)11-9-19/h4-11,23H,3,12-17H2,1-2H3/t23-/m0/s1. The number of carbonyl (C=O) groups is 2. The summed E-state index contributed by atoms with van der Waals surface area (Å²) in [6.07, 6.45) is 0.259. The highest BCUT2D eigenvalue weighted by atomic mass is 19.1. The van der Waals surface area contributed by atoms with Gasteiger partial charge in [-0.05, 0) is 42.7 Å². The molecule has 0 spiro atoms. The third-order valence-corrected chi connectivity index (χ3v) is 6.15. The van der Waals surface area contributed by atoms with Crippen LogP contribution < -0.4 is 0 Å². The van der Waals surface area contributed by atoms with Gasteiger partial charge in [0.05, 0.1) is 24.9 Å². The molecule has 2 amide bonds. The van der Waals surface area contributed by atoms with E-state index in [1.165, 1.54) is 12.1 Å². The van der Waals surface area contributed by atoms with Crippen LogP contribution in [-0.2, 0) is 9.53 Å². The maximum Gasteiger partial charge on any atom is 0.409 e. The summed E-state index contributed by atoms with van der Waals surface area (Å²) in [5.41, 5.74) is 3.73. The van der Waals surface area contributed by atoms with E-state index in [0.717, 1.165) is 22.4 Å². The number of hydrogen-bond acceptors (Lipinski definition) is 5. The van der Waals surface area contributed by atoms with Gasteiger partial charge in [0.2, 0.25) is 0 Å². The molecule has 0 aromatic heterocycles. The first-order valence-corrected chi connectivity index (χ1v) is 11.3. The average molecular weight is 453 g/mol. The minimum atomic E-state index is -0.309. The lowest BCUT2D eigenvalue weighted by Crippen LogP contribution is -2.51. The smallest absolute Gasteiger partial charge is 0.409 e. The van der Waals surface area contributed by atoms with Gasteiger partial charge in [0.25, 0.3) is 5.91 Å². The van der Waals surface area contributed by atoms with Crippen molar-refractivity contribution in [1.82, 2.24) is 14.8 Å². The van der Waals surface area contributed by atoms with Crippen molar-refractivity contribution in [1.29, 1.82) is 0 Å². The maximum absolute atomic E-state index is 13.4. The Labute approximate surface area is 193 Å². The summed E-state index contributed by atoms with van der Waals surface area (Å²) in [4.78, 5) is 29.0. The zero-order valence-corrected chi connectivity index (χ0v) is 19.0. The van der Waals surface area contributed by atoms with Crippen LogP contribution >= 0.6 is 0 Å². The summed E-state index contributed by atoms with van der Waals surface area (Å²) in [6, 6.07) is 14.0. The van der Waals surface area contributed by atoms with Crippen molar-refractivity contribution < 1.29 is 18.7 Å². The quantitative estimate of drug-likeness (QED) is 0.696. The van der Waals surface area contributed by atoms with E-state index in [4.69, 9.17) is 4.74 Å². The van der Waals surface area contributed by atoms with Crippen LogP contribution in [0, 0.1) is 12.7 Å². The fourth-order valence-electron chi connectivity index (χ4n) is 4.33.